The molecule has 1 atom stereocenters. The molecule has 2 aromatic rings. The summed E-state index contributed by atoms with van der Waals surface area (Å²) in [4.78, 5) is 0. The Morgan fingerprint density at radius 1 is 0.963 bits per heavy atom. The lowest BCUT2D eigenvalue weighted by molar-refractivity contribution is 0.191. The normalized spacial score (nSPS) is 12.0. The van der Waals surface area contributed by atoms with E-state index in [1.165, 1.54) is 0 Å². The number of aliphatic hydroxyl groups excluding tert-OH is 1. The highest BCUT2D eigenvalue weighted by atomic mass is 35.5. The molecule has 0 aromatic heterocycles. The van der Waals surface area contributed by atoms with Gasteiger partial charge in [-0.3, -0.25) is 0 Å². The van der Waals surface area contributed by atoms with Crippen LogP contribution >= 0.6 is 11.6 Å². The minimum absolute atomic E-state index is 0.320. The standard InChI is InChI=1S/C21H29ClN2O3/c1-3-26-21-12-18(14-24-11-10-23-13-16(2)25)6-9-20(21)27-15-17-4-7-19(22)8-5-17/h4-9,12,16,23-25H,3,10-11,13-15H2,1-2H3/t16-/m1/s1. The average molecular weight is 393 g/mol. The van der Waals surface area contributed by atoms with Crippen LogP contribution in [0.25, 0.3) is 0 Å². The first-order chi connectivity index (χ1) is 13.1. The zero-order valence-electron chi connectivity index (χ0n) is 16.0. The van der Waals surface area contributed by atoms with Crippen molar-refractivity contribution in [3.05, 3.63) is 58.6 Å². The molecule has 0 amide bonds. The molecule has 0 heterocycles. The molecule has 0 saturated carbocycles. The highest BCUT2D eigenvalue weighted by molar-refractivity contribution is 6.30. The molecule has 27 heavy (non-hydrogen) atoms. The first-order valence-electron chi connectivity index (χ1n) is 9.31. The fraction of sp³-hybridized carbons (Fsp3) is 0.429. The molecule has 0 bridgehead atoms. The van der Waals surface area contributed by atoms with Gasteiger partial charge in [-0.15, -0.1) is 0 Å². The first-order valence-corrected chi connectivity index (χ1v) is 9.68. The molecule has 3 N–H and O–H groups in total. The summed E-state index contributed by atoms with van der Waals surface area (Å²) in [7, 11) is 0. The second kappa shape index (κ2) is 11.8. The van der Waals surface area contributed by atoms with Gasteiger partial charge in [-0.05, 0) is 49.2 Å². The third kappa shape index (κ3) is 8.18. The van der Waals surface area contributed by atoms with Gasteiger partial charge in [0.05, 0.1) is 12.7 Å². The zero-order chi connectivity index (χ0) is 19.5. The van der Waals surface area contributed by atoms with Crippen LogP contribution in [0.2, 0.25) is 5.02 Å². The SMILES string of the molecule is CCOc1cc(CNCCNC[C@@H](C)O)ccc1OCc1ccc(Cl)cc1. The number of hydrogen-bond acceptors (Lipinski definition) is 5. The van der Waals surface area contributed by atoms with Gasteiger partial charge in [-0.1, -0.05) is 29.8 Å². The molecular formula is C21H29ClN2O3. The van der Waals surface area contributed by atoms with Crippen molar-refractivity contribution >= 4 is 11.6 Å². The van der Waals surface area contributed by atoms with Gasteiger partial charge in [-0.2, -0.15) is 0 Å². The topological polar surface area (TPSA) is 62.8 Å². The molecule has 0 aliphatic heterocycles. The smallest absolute Gasteiger partial charge is 0.161 e. The third-order valence-corrected chi connectivity index (χ3v) is 4.11. The summed E-state index contributed by atoms with van der Waals surface area (Å²) >= 11 is 5.91. The maximum atomic E-state index is 9.21. The number of benzene rings is 2. The van der Waals surface area contributed by atoms with E-state index in [0.717, 1.165) is 42.3 Å². The summed E-state index contributed by atoms with van der Waals surface area (Å²) in [5.41, 5.74) is 2.19. The highest BCUT2D eigenvalue weighted by Crippen LogP contribution is 2.29. The Labute approximate surface area is 166 Å². The lowest BCUT2D eigenvalue weighted by atomic mass is 10.2. The monoisotopic (exact) mass is 392 g/mol. The number of hydrogen-bond donors (Lipinski definition) is 3. The van der Waals surface area contributed by atoms with Crippen LogP contribution < -0.4 is 20.1 Å². The predicted molar refractivity (Wildman–Crippen MR) is 110 cm³/mol. The number of nitrogens with one attached hydrogen (secondary N) is 2. The molecule has 5 nitrogen and oxygen atoms in total. The van der Waals surface area contributed by atoms with Crippen molar-refractivity contribution in [2.75, 3.05) is 26.2 Å². The van der Waals surface area contributed by atoms with Crippen LogP contribution in [-0.2, 0) is 13.2 Å². The summed E-state index contributed by atoms with van der Waals surface area (Å²) in [6.07, 6.45) is -0.320. The zero-order valence-corrected chi connectivity index (χ0v) is 16.8. The van der Waals surface area contributed by atoms with Crippen LogP contribution in [-0.4, -0.2) is 37.5 Å². The molecule has 0 radical (unpaired) electrons. The van der Waals surface area contributed by atoms with E-state index in [2.05, 4.69) is 10.6 Å². The highest BCUT2D eigenvalue weighted by Gasteiger charge is 2.07. The van der Waals surface area contributed by atoms with Crippen molar-refractivity contribution in [3.8, 4) is 11.5 Å². The fourth-order valence-electron chi connectivity index (χ4n) is 2.51. The first kappa shape index (κ1) is 21.5. The van der Waals surface area contributed by atoms with Gasteiger partial charge in [0, 0.05) is 31.2 Å². The number of aliphatic hydroxyl groups is 1. The molecule has 2 aromatic carbocycles. The van der Waals surface area contributed by atoms with Gasteiger partial charge >= 0.3 is 0 Å². The van der Waals surface area contributed by atoms with Crippen LogP contribution in [0.15, 0.2) is 42.5 Å². The van der Waals surface area contributed by atoms with E-state index in [1.54, 1.807) is 6.92 Å². The maximum Gasteiger partial charge on any atom is 0.161 e. The minimum atomic E-state index is -0.320. The van der Waals surface area contributed by atoms with Crippen LogP contribution in [0.5, 0.6) is 11.5 Å². The second-order valence-electron chi connectivity index (χ2n) is 6.36. The Balaban J connectivity index is 1.86. The fourth-order valence-corrected chi connectivity index (χ4v) is 2.64. The van der Waals surface area contributed by atoms with Crippen molar-refractivity contribution < 1.29 is 14.6 Å². The van der Waals surface area contributed by atoms with E-state index in [0.29, 0.717) is 24.8 Å². The summed E-state index contributed by atoms with van der Waals surface area (Å²) in [6, 6.07) is 13.6. The summed E-state index contributed by atoms with van der Waals surface area (Å²) < 4.78 is 11.7. The van der Waals surface area contributed by atoms with Crippen LogP contribution in [0.4, 0.5) is 0 Å². The van der Waals surface area contributed by atoms with E-state index < -0.39 is 0 Å². The maximum absolute atomic E-state index is 9.21. The Hall–Kier alpha value is -1.79. The molecule has 0 saturated heterocycles. The van der Waals surface area contributed by atoms with Gasteiger partial charge in [0.1, 0.15) is 6.61 Å². The van der Waals surface area contributed by atoms with Crippen molar-refractivity contribution in [3.63, 3.8) is 0 Å². The molecule has 0 spiro atoms. The van der Waals surface area contributed by atoms with E-state index in [9.17, 15) is 5.11 Å². The summed E-state index contributed by atoms with van der Waals surface area (Å²) in [6.45, 7) is 7.76. The number of rotatable bonds is 12. The second-order valence-corrected chi connectivity index (χ2v) is 6.80. The number of ether oxygens (including phenoxy) is 2. The van der Waals surface area contributed by atoms with E-state index in [1.807, 2.05) is 49.4 Å². The predicted octanol–water partition coefficient (Wildman–Crippen LogP) is 3.38. The van der Waals surface area contributed by atoms with E-state index in [-0.39, 0.29) is 6.10 Å². The molecule has 0 aliphatic carbocycles. The molecule has 148 valence electrons. The largest absolute Gasteiger partial charge is 0.490 e. The average Bonchev–Trinajstić information content (AvgIpc) is 2.65. The Kier molecular flexibility index (Phi) is 9.42. The van der Waals surface area contributed by atoms with Crippen LogP contribution in [0.3, 0.4) is 0 Å². The Morgan fingerprint density at radius 2 is 1.67 bits per heavy atom. The Bertz CT molecular complexity index is 678. The van der Waals surface area contributed by atoms with Crippen molar-refractivity contribution in [2.24, 2.45) is 0 Å². The molecule has 0 unspecified atom stereocenters. The van der Waals surface area contributed by atoms with Gasteiger partial charge in [0.15, 0.2) is 11.5 Å². The summed E-state index contributed by atoms with van der Waals surface area (Å²) in [5, 5.41) is 16.5. The van der Waals surface area contributed by atoms with Crippen LogP contribution in [0.1, 0.15) is 25.0 Å². The van der Waals surface area contributed by atoms with Gasteiger partial charge in [0.25, 0.3) is 0 Å². The van der Waals surface area contributed by atoms with Crippen molar-refractivity contribution in [1.29, 1.82) is 0 Å². The number of halogens is 1. The van der Waals surface area contributed by atoms with Crippen molar-refractivity contribution in [1.82, 2.24) is 10.6 Å². The van der Waals surface area contributed by atoms with Gasteiger partial charge < -0.3 is 25.2 Å². The molecular weight excluding hydrogens is 364 g/mol. The lowest BCUT2D eigenvalue weighted by Crippen LogP contribution is -2.31. The lowest BCUT2D eigenvalue weighted by Gasteiger charge is -2.14. The van der Waals surface area contributed by atoms with E-state index in [4.69, 9.17) is 21.1 Å². The quantitative estimate of drug-likeness (QED) is 0.483. The van der Waals surface area contributed by atoms with Crippen molar-refractivity contribution in [2.45, 2.75) is 33.1 Å². The molecule has 0 fully saturated rings. The minimum Gasteiger partial charge on any atom is -0.490 e. The Morgan fingerprint density at radius 3 is 2.37 bits per heavy atom. The summed E-state index contributed by atoms with van der Waals surface area (Å²) in [5.74, 6) is 1.48. The van der Waals surface area contributed by atoms with E-state index >= 15 is 0 Å². The third-order valence-electron chi connectivity index (χ3n) is 3.86. The molecule has 6 heteroatoms. The molecule has 2 rings (SSSR count). The van der Waals surface area contributed by atoms with Crippen LogP contribution in [0, 0.1) is 0 Å². The molecule has 0 aliphatic rings. The van der Waals surface area contributed by atoms with Gasteiger partial charge in [-0.25, -0.2) is 0 Å². The van der Waals surface area contributed by atoms with Gasteiger partial charge in [0.2, 0.25) is 0 Å².